The van der Waals surface area contributed by atoms with Gasteiger partial charge in [-0.1, -0.05) is 123 Å². The van der Waals surface area contributed by atoms with Gasteiger partial charge in [0, 0.05) is 35.8 Å². The van der Waals surface area contributed by atoms with E-state index < -0.39 is 78.8 Å². The predicted octanol–water partition coefficient (Wildman–Crippen LogP) is 9.78. The highest BCUT2D eigenvalue weighted by Crippen LogP contribution is 2.45. The first kappa shape index (κ1) is 16.6. The molecule has 0 amide bonds. The van der Waals surface area contributed by atoms with Crippen LogP contribution < -0.4 is 30.2 Å². The number of para-hydroxylation sites is 4. The molecule has 0 saturated carbocycles. The molecule has 2 aliphatic rings. The lowest BCUT2D eigenvalue weighted by molar-refractivity contribution is 0.488. The van der Waals surface area contributed by atoms with E-state index in [1.165, 1.54) is 60.7 Å². The first-order chi connectivity index (χ1) is 30.3. The van der Waals surface area contributed by atoms with Crippen LogP contribution in [0.25, 0.3) is 33.4 Å². The molecule has 0 saturated heterocycles. The van der Waals surface area contributed by atoms with Gasteiger partial charge in [-0.05, 0) is 105 Å². The normalized spacial score (nSPS) is 22.0. The fourth-order valence-electron chi connectivity index (χ4n) is 7.14. The monoisotopic (exact) mass is 676 g/mol. The summed E-state index contributed by atoms with van der Waals surface area (Å²) in [5.74, 6) is 0.291. The maximum absolute atomic E-state index is 9.10. The largest absolute Gasteiger partial charge is 0.457 e. The maximum atomic E-state index is 9.10. The number of rotatable bonds is 3. The topological polar surface area (TPSA) is 18.5 Å². The van der Waals surface area contributed by atoms with Gasteiger partial charge in [0.15, 0.2) is 0 Å². The summed E-state index contributed by atoms with van der Waals surface area (Å²) in [6, 6.07) is 27.0. The number of aryl methyl sites for hydroxylation is 2. The molecule has 6 aromatic rings. The molecule has 0 atom stereocenters. The zero-order valence-corrected chi connectivity index (χ0v) is 28.2. The summed E-state index contributed by atoms with van der Waals surface area (Å²) in [5.41, 5.74) is -3.49. The van der Waals surface area contributed by atoms with Gasteiger partial charge < -0.3 is 9.47 Å². The first-order valence-electron chi connectivity index (χ1n) is 24.5. The van der Waals surface area contributed by atoms with Gasteiger partial charge in [0.25, 0.3) is 0 Å². The van der Waals surface area contributed by atoms with Crippen molar-refractivity contribution in [3.05, 3.63) is 131 Å². The van der Waals surface area contributed by atoms with Gasteiger partial charge in [0.1, 0.15) is 39.1 Å². The second-order valence-corrected chi connectivity index (χ2v) is 19.7. The van der Waals surface area contributed by atoms with Gasteiger partial charge in [0.05, 0.1) is 0 Å². The van der Waals surface area contributed by atoms with Crippen molar-refractivity contribution in [2.75, 3.05) is 0 Å². The molecule has 0 aromatic heterocycles. The van der Waals surface area contributed by atoms with Crippen molar-refractivity contribution in [1.29, 1.82) is 0 Å². The summed E-state index contributed by atoms with van der Waals surface area (Å²) in [6.45, 7) is -14.5. The number of ether oxygens (including phenoxy) is 2. The van der Waals surface area contributed by atoms with Crippen LogP contribution in [0.2, 0.25) is 26.0 Å². The van der Waals surface area contributed by atoms with Crippen LogP contribution in [0, 0.1) is 27.4 Å². The van der Waals surface area contributed by atoms with Crippen LogP contribution in [-0.4, -0.2) is 16.1 Å². The Hall–Kier alpha value is -4.65. The van der Waals surface area contributed by atoms with Crippen LogP contribution in [0.3, 0.4) is 0 Å². The van der Waals surface area contributed by atoms with Crippen molar-refractivity contribution in [3.63, 3.8) is 0 Å². The van der Waals surface area contributed by atoms with Crippen molar-refractivity contribution in [3.8, 4) is 56.4 Å². The van der Waals surface area contributed by atoms with Crippen molar-refractivity contribution in [2.45, 2.75) is 53.5 Å². The van der Waals surface area contributed by atoms with Gasteiger partial charge in [-0.2, -0.15) is 0 Å². The van der Waals surface area contributed by atoms with E-state index in [0.29, 0.717) is 5.75 Å². The smallest absolute Gasteiger partial charge is 0.134 e. The van der Waals surface area contributed by atoms with Crippen LogP contribution in [0.5, 0.6) is 23.0 Å². The highest BCUT2D eigenvalue weighted by molar-refractivity contribution is 7.02. The Morgan fingerprint density at radius 1 is 0.438 bits per heavy atom. The van der Waals surface area contributed by atoms with E-state index in [1.807, 2.05) is 18.2 Å². The van der Waals surface area contributed by atoms with E-state index in [1.54, 1.807) is 24.3 Å². The van der Waals surface area contributed by atoms with Crippen LogP contribution in [0.4, 0.5) is 0 Å². The molecule has 0 bridgehead atoms. The van der Waals surface area contributed by atoms with Crippen LogP contribution in [0.15, 0.2) is 109 Å². The fraction of sp³-hybridized carbons (Fsp3) is 0.182. The molecule has 0 N–H and O–H groups in total. The summed E-state index contributed by atoms with van der Waals surface area (Å²) in [5, 5.41) is 1.43. The Kier molecular flexibility index (Phi) is 3.79. The highest BCUT2D eigenvalue weighted by Gasteiger charge is 2.39. The second kappa shape index (κ2) is 10.9. The van der Waals surface area contributed by atoms with Crippen molar-refractivity contribution < 1.29 is 34.1 Å². The molecule has 2 nitrogen and oxygen atoms in total. The third-order valence-electron chi connectivity index (χ3n) is 9.62. The van der Waals surface area contributed by atoms with E-state index in [0.717, 1.165) is 16.4 Å². The third-order valence-corrected chi connectivity index (χ3v) is 15.5. The molecule has 2 aliphatic heterocycles. The Labute approximate surface area is 312 Å². The standard InChI is InChI=1S/C44H42O2Si2/c1-27-23-25-31(29(3)41(27)33-15-13-21-39-43(33)45-35-17-9-11-19-37(35)47(39,5)6)32-26-24-28(2)42(30(32)4)34-16-14-22-40-44(34)46-36-18-10-12-20-38(36)48(40,7)8/h9-26H,1-8H3/i1D3,2D3,3D3,4D3,5D3,6D3. The van der Waals surface area contributed by atoms with Crippen molar-refractivity contribution >= 4 is 36.9 Å². The summed E-state index contributed by atoms with van der Waals surface area (Å²) in [6.07, 6.45) is 0. The molecular weight excluding hydrogens is 617 g/mol. The minimum atomic E-state index is -4.99. The lowest BCUT2D eigenvalue weighted by Crippen LogP contribution is -2.56. The Morgan fingerprint density at radius 3 is 1.38 bits per heavy atom. The minimum Gasteiger partial charge on any atom is -0.457 e. The Morgan fingerprint density at radius 2 is 0.896 bits per heavy atom. The number of hydrogen-bond donors (Lipinski definition) is 0. The molecule has 8 rings (SSSR count). The molecule has 0 aliphatic carbocycles. The number of benzene rings is 6. The maximum Gasteiger partial charge on any atom is 0.134 e. The van der Waals surface area contributed by atoms with Crippen molar-refractivity contribution in [2.24, 2.45) is 0 Å². The average Bonchev–Trinajstić information content (AvgIpc) is 3.19. The SMILES string of the molecule is [2H]C([2H])([2H])c1ccc(-c2ccc(C([2H])([2H])[2H])c(-c3cccc4c3Oc3ccccc3[Si]4(C([2H])([2H])[2H])C([2H])([2H])[2H])c2C([2H])([2H])[2H])c(C([2H])([2H])[2H])c1-c1cccc2c1Oc1ccccc1[Si]2(C)C. The number of fused-ring (bicyclic) bond motifs is 4. The summed E-state index contributed by atoms with van der Waals surface area (Å²) in [4.78, 5) is 0. The zero-order valence-electron chi connectivity index (χ0n) is 44.2. The number of hydrogen-bond acceptors (Lipinski definition) is 2. The summed E-state index contributed by atoms with van der Waals surface area (Å²) < 4.78 is 173. The Balaban J connectivity index is 1.53. The summed E-state index contributed by atoms with van der Waals surface area (Å²) in [7, 11) is -7.57. The van der Waals surface area contributed by atoms with Gasteiger partial charge in [0.2, 0.25) is 0 Å². The molecule has 238 valence electrons. The van der Waals surface area contributed by atoms with Gasteiger partial charge in [-0.15, -0.1) is 0 Å². The van der Waals surface area contributed by atoms with E-state index in [4.69, 9.17) is 34.1 Å². The molecule has 0 radical (unpaired) electrons. The lowest BCUT2D eigenvalue weighted by Gasteiger charge is -2.34. The second-order valence-electron chi connectivity index (χ2n) is 12.8. The van der Waals surface area contributed by atoms with Crippen LogP contribution in [-0.2, 0) is 0 Å². The van der Waals surface area contributed by atoms with Gasteiger partial charge in [-0.3, -0.25) is 0 Å². The zero-order chi connectivity index (χ0) is 48.5. The molecule has 0 unspecified atom stereocenters. The van der Waals surface area contributed by atoms with Crippen molar-refractivity contribution in [1.82, 2.24) is 0 Å². The van der Waals surface area contributed by atoms with Crippen LogP contribution in [0.1, 0.15) is 46.9 Å². The molecule has 6 aromatic carbocycles. The van der Waals surface area contributed by atoms with E-state index in [-0.39, 0.29) is 61.0 Å². The molecule has 4 heteroatoms. The Bertz CT molecular complexity index is 2930. The quantitative estimate of drug-likeness (QED) is 0.174. The molecule has 0 fully saturated rings. The predicted molar refractivity (Wildman–Crippen MR) is 208 cm³/mol. The molecule has 48 heavy (non-hydrogen) atoms. The van der Waals surface area contributed by atoms with E-state index in [9.17, 15) is 0 Å². The molecule has 2 heterocycles. The fourth-order valence-corrected chi connectivity index (χ4v) is 12.0. The lowest BCUT2D eigenvalue weighted by atomic mass is 9.84. The van der Waals surface area contributed by atoms with Gasteiger partial charge >= 0.3 is 0 Å². The van der Waals surface area contributed by atoms with Gasteiger partial charge in [-0.25, -0.2) is 0 Å². The summed E-state index contributed by atoms with van der Waals surface area (Å²) >= 11 is 0. The minimum absolute atomic E-state index is 0.0543. The molecular formula is C44H42O2Si2. The average molecular weight is 677 g/mol. The van der Waals surface area contributed by atoms with E-state index >= 15 is 0 Å². The highest BCUT2D eigenvalue weighted by atomic mass is 28.3. The van der Waals surface area contributed by atoms with E-state index in [2.05, 4.69) is 13.1 Å². The molecule has 0 spiro atoms. The third kappa shape index (κ3) is 4.43. The van der Waals surface area contributed by atoms with Crippen LogP contribution >= 0.6 is 0 Å². The first-order valence-corrected chi connectivity index (χ1v) is 20.5.